The van der Waals surface area contributed by atoms with Crippen LogP contribution < -0.4 is 0 Å². The second-order valence-electron chi connectivity index (χ2n) is 10.6. The molecule has 9 heteroatoms. The Balaban J connectivity index is 1.67. The molecule has 3 aromatic carbocycles. The fraction of sp³-hybridized carbons (Fsp3) is 0.367. The Hall–Kier alpha value is -2.00. The normalized spacial score (nSPS) is 21.7. The van der Waals surface area contributed by atoms with Gasteiger partial charge >= 0.3 is 0 Å². The van der Waals surface area contributed by atoms with E-state index in [0.717, 1.165) is 31.5 Å². The smallest absolute Gasteiger partial charge is 0.257 e. The van der Waals surface area contributed by atoms with E-state index in [1.165, 1.54) is 18.1 Å². The van der Waals surface area contributed by atoms with Crippen LogP contribution in [-0.2, 0) is 22.6 Å². The van der Waals surface area contributed by atoms with Crippen LogP contribution in [0.4, 0.5) is 4.39 Å². The molecule has 206 valence electrons. The molecular formula is C30H30BrCl2FN2O3. The van der Waals surface area contributed by atoms with E-state index in [9.17, 15) is 9.90 Å². The maximum atomic E-state index is 16.3. The molecule has 0 saturated carbocycles. The highest BCUT2D eigenvalue weighted by Crippen LogP contribution is 2.49. The number of likely N-dealkylation sites (tertiary alicyclic amines) is 1. The van der Waals surface area contributed by atoms with Gasteiger partial charge in [0.05, 0.1) is 23.3 Å². The predicted octanol–water partition coefficient (Wildman–Crippen LogP) is 6.95. The van der Waals surface area contributed by atoms with Crippen LogP contribution in [0, 0.1) is 11.7 Å². The van der Waals surface area contributed by atoms with E-state index in [0.29, 0.717) is 25.6 Å². The van der Waals surface area contributed by atoms with Gasteiger partial charge in [-0.2, -0.15) is 0 Å². The van der Waals surface area contributed by atoms with E-state index in [1.807, 2.05) is 13.1 Å². The molecule has 0 spiro atoms. The van der Waals surface area contributed by atoms with Crippen LogP contribution in [0.3, 0.4) is 0 Å². The molecule has 2 aliphatic rings. The third-order valence-corrected chi connectivity index (χ3v) is 9.48. The number of hydrogen-bond acceptors (Lipinski definition) is 4. The molecule has 0 bridgehead atoms. The molecule has 3 aromatic rings. The lowest BCUT2D eigenvalue weighted by molar-refractivity contribution is -0.0883. The monoisotopic (exact) mass is 634 g/mol. The van der Waals surface area contributed by atoms with Crippen molar-refractivity contribution in [3.05, 3.63) is 103 Å². The third-order valence-electron chi connectivity index (χ3n) is 8.26. The number of carbonyl (C=O) groups is 1. The molecule has 39 heavy (non-hydrogen) atoms. The fourth-order valence-corrected chi connectivity index (χ4v) is 6.89. The number of piperidine rings is 1. The van der Waals surface area contributed by atoms with Gasteiger partial charge in [-0.1, -0.05) is 57.3 Å². The van der Waals surface area contributed by atoms with Crippen LogP contribution >= 0.6 is 39.1 Å². The Morgan fingerprint density at radius 1 is 1.10 bits per heavy atom. The van der Waals surface area contributed by atoms with E-state index in [-0.39, 0.29) is 23.6 Å². The zero-order chi connectivity index (χ0) is 28.1. The average Bonchev–Trinajstić information content (AvgIpc) is 3.15. The molecule has 1 amide bonds. The highest BCUT2D eigenvalue weighted by Gasteiger charge is 2.54. The first-order valence-electron chi connectivity index (χ1n) is 12.8. The molecule has 2 unspecified atom stereocenters. The second kappa shape index (κ2) is 10.8. The van der Waals surface area contributed by atoms with Crippen molar-refractivity contribution in [2.24, 2.45) is 5.92 Å². The number of benzene rings is 3. The SMILES string of the molecule is COC1(c2ccc(Cl)cc2)c2c(F)cc(C(C)(O)C3CCN(C)CC3)cc2C(=O)N1Cc1ccc(Cl)cc1Br. The van der Waals surface area contributed by atoms with Crippen LogP contribution in [0.1, 0.15) is 52.4 Å². The average molecular weight is 636 g/mol. The standard InChI is InChI=1S/C30H30BrCl2FN2O3/c1-29(38,19-10-12-35(2)13-11-19)21-14-24-27(26(34)15-21)30(39-3,20-5-8-22(32)9-6-20)36(28(24)37)17-18-4-7-23(33)16-25(18)31/h4-9,14-16,19,38H,10-13,17H2,1-3H3. The molecule has 5 nitrogen and oxygen atoms in total. The lowest BCUT2D eigenvalue weighted by atomic mass is 9.76. The van der Waals surface area contributed by atoms with Gasteiger partial charge in [-0.15, -0.1) is 0 Å². The Kier molecular flexibility index (Phi) is 7.88. The summed E-state index contributed by atoms with van der Waals surface area (Å²) in [6, 6.07) is 15.2. The van der Waals surface area contributed by atoms with Crippen LogP contribution in [0.5, 0.6) is 0 Å². The lowest BCUT2D eigenvalue weighted by Gasteiger charge is -2.39. The Labute approximate surface area is 246 Å². The zero-order valence-corrected chi connectivity index (χ0v) is 25.1. The molecule has 2 aliphatic heterocycles. The summed E-state index contributed by atoms with van der Waals surface area (Å²) in [4.78, 5) is 17.9. The highest BCUT2D eigenvalue weighted by molar-refractivity contribution is 9.10. The number of nitrogens with zero attached hydrogens (tertiary/aromatic N) is 2. The first kappa shape index (κ1) is 28.5. The molecule has 5 rings (SSSR count). The minimum absolute atomic E-state index is 0.0628. The first-order valence-corrected chi connectivity index (χ1v) is 14.4. The number of methoxy groups -OCH3 is 1. The number of rotatable bonds is 6. The lowest BCUT2D eigenvalue weighted by Crippen LogP contribution is -2.46. The number of ether oxygens (including phenoxy) is 1. The summed E-state index contributed by atoms with van der Waals surface area (Å²) in [6.45, 7) is 3.53. The number of amides is 1. The minimum Gasteiger partial charge on any atom is -0.385 e. The molecule has 1 N–H and O–H groups in total. The van der Waals surface area contributed by atoms with E-state index < -0.39 is 23.1 Å². The number of carbonyl (C=O) groups excluding carboxylic acids is 1. The number of aliphatic hydroxyl groups is 1. The summed E-state index contributed by atoms with van der Waals surface area (Å²) in [5, 5.41) is 12.7. The van der Waals surface area contributed by atoms with Crippen molar-refractivity contribution in [2.75, 3.05) is 27.2 Å². The van der Waals surface area contributed by atoms with Gasteiger partial charge in [-0.3, -0.25) is 9.69 Å². The minimum atomic E-state index is -1.56. The molecular weight excluding hydrogens is 606 g/mol. The van der Waals surface area contributed by atoms with E-state index in [1.54, 1.807) is 49.4 Å². The van der Waals surface area contributed by atoms with Gasteiger partial charge in [-0.25, -0.2) is 4.39 Å². The molecule has 2 atom stereocenters. The molecule has 1 fully saturated rings. The van der Waals surface area contributed by atoms with Gasteiger partial charge < -0.3 is 14.7 Å². The van der Waals surface area contributed by atoms with Gasteiger partial charge in [0.25, 0.3) is 5.91 Å². The zero-order valence-electron chi connectivity index (χ0n) is 22.0. The number of fused-ring (bicyclic) bond motifs is 1. The van der Waals surface area contributed by atoms with Gasteiger partial charge in [0, 0.05) is 27.2 Å². The first-order chi connectivity index (χ1) is 18.5. The molecule has 2 heterocycles. The summed E-state index contributed by atoms with van der Waals surface area (Å²) in [7, 11) is 3.51. The molecule has 0 aliphatic carbocycles. The Morgan fingerprint density at radius 3 is 2.36 bits per heavy atom. The second-order valence-corrected chi connectivity index (χ2v) is 12.3. The molecule has 0 aromatic heterocycles. The van der Waals surface area contributed by atoms with Crippen LogP contribution in [0.25, 0.3) is 0 Å². The van der Waals surface area contributed by atoms with Gasteiger partial charge in [0.15, 0.2) is 5.72 Å². The van der Waals surface area contributed by atoms with Gasteiger partial charge in [0.1, 0.15) is 5.82 Å². The molecule has 1 saturated heterocycles. The topological polar surface area (TPSA) is 53.0 Å². The largest absolute Gasteiger partial charge is 0.385 e. The van der Waals surface area contributed by atoms with Crippen LogP contribution in [-0.4, -0.2) is 48.1 Å². The van der Waals surface area contributed by atoms with Crippen molar-refractivity contribution in [1.29, 1.82) is 0 Å². The third kappa shape index (κ3) is 4.92. The van der Waals surface area contributed by atoms with Crippen molar-refractivity contribution in [3.63, 3.8) is 0 Å². The van der Waals surface area contributed by atoms with Gasteiger partial charge in [-0.05, 0) is 93.3 Å². The summed E-state index contributed by atoms with van der Waals surface area (Å²) < 4.78 is 23.2. The van der Waals surface area contributed by atoms with Crippen molar-refractivity contribution in [1.82, 2.24) is 9.80 Å². The quantitative estimate of drug-likeness (QED) is 0.319. The predicted molar refractivity (Wildman–Crippen MR) is 154 cm³/mol. The van der Waals surface area contributed by atoms with Crippen LogP contribution in [0.15, 0.2) is 59.1 Å². The number of halogens is 4. The van der Waals surface area contributed by atoms with Crippen molar-refractivity contribution in [3.8, 4) is 0 Å². The summed E-state index contributed by atoms with van der Waals surface area (Å²) in [6.07, 6.45) is 1.55. The van der Waals surface area contributed by atoms with Crippen LogP contribution in [0.2, 0.25) is 10.0 Å². The van der Waals surface area contributed by atoms with E-state index in [4.69, 9.17) is 27.9 Å². The number of hydrogen-bond donors (Lipinski definition) is 1. The van der Waals surface area contributed by atoms with Gasteiger partial charge in [0.2, 0.25) is 0 Å². The molecule has 0 radical (unpaired) electrons. The highest BCUT2D eigenvalue weighted by atomic mass is 79.9. The van der Waals surface area contributed by atoms with Crippen molar-refractivity contribution < 1.29 is 19.0 Å². The Bertz CT molecular complexity index is 1410. The van der Waals surface area contributed by atoms with Crippen molar-refractivity contribution in [2.45, 2.75) is 37.6 Å². The van der Waals surface area contributed by atoms with E-state index in [2.05, 4.69) is 20.8 Å². The maximum Gasteiger partial charge on any atom is 0.257 e. The summed E-state index contributed by atoms with van der Waals surface area (Å²) >= 11 is 15.9. The summed E-state index contributed by atoms with van der Waals surface area (Å²) in [5.74, 6) is -1.07. The van der Waals surface area contributed by atoms with Crippen molar-refractivity contribution >= 4 is 45.0 Å². The maximum absolute atomic E-state index is 16.3. The fourth-order valence-electron chi connectivity index (χ4n) is 5.95. The van der Waals surface area contributed by atoms with E-state index >= 15 is 4.39 Å². The Morgan fingerprint density at radius 2 is 1.74 bits per heavy atom. The summed E-state index contributed by atoms with van der Waals surface area (Å²) in [5.41, 5.74) is -0.865.